The number of amides is 1. The molecule has 3 heterocycles. The molecule has 3 fully saturated rings. The number of pyridine rings is 1. The molecule has 4 nitrogen and oxygen atoms in total. The molecule has 1 amide bonds. The van der Waals surface area contributed by atoms with E-state index in [-0.39, 0.29) is 11.3 Å². The summed E-state index contributed by atoms with van der Waals surface area (Å²) in [5, 5.41) is 0. The van der Waals surface area contributed by atoms with Gasteiger partial charge in [-0.3, -0.25) is 4.79 Å². The van der Waals surface area contributed by atoms with Crippen LogP contribution in [0.3, 0.4) is 0 Å². The van der Waals surface area contributed by atoms with Crippen LogP contribution < -0.4 is 4.90 Å². The normalized spacial score (nSPS) is 27.8. The van der Waals surface area contributed by atoms with E-state index in [0.717, 1.165) is 36.9 Å². The largest absolute Gasteiger partial charge is 0.354 e. The number of rotatable bonds is 4. The molecule has 3 unspecified atom stereocenters. The number of aromatic nitrogens is 1. The van der Waals surface area contributed by atoms with Crippen LogP contribution >= 0.6 is 0 Å². The predicted octanol–water partition coefficient (Wildman–Crippen LogP) is 5.15. The van der Waals surface area contributed by atoms with Gasteiger partial charge < -0.3 is 9.80 Å². The molecule has 2 saturated heterocycles. The molecule has 1 saturated carbocycles. The fraction of sp³-hybridized carbons (Fsp3) is 0.556. The Bertz CT molecular complexity index is 906. The summed E-state index contributed by atoms with van der Waals surface area (Å²) in [6, 6.07) is 15.1. The van der Waals surface area contributed by atoms with Gasteiger partial charge in [-0.25, -0.2) is 4.98 Å². The minimum absolute atomic E-state index is 0.117. The van der Waals surface area contributed by atoms with Gasteiger partial charge in [-0.15, -0.1) is 0 Å². The Kier molecular flexibility index (Phi) is 5.27. The maximum Gasteiger partial charge on any atom is 0.253 e. The van der Waals surface area contributed by atoms with Gasteiger partial charge in [0.15, 0.2) is 0 Å². The van der Waals surface area contributed by atoms with Crippen molar-refractivity contribution >= 4 is 11.7 Å². The number of hydrogen-bond acceptors (Lipinski definition) is 3. The second-order valence-electron chi connectivity index (χ2n) is 10.8. The SMILES string of the molecule is CC(C)(C)c1ccc(C(=O)N2CC3C(CC4CCCCN4c4ccccn4)C3C2)cc1. The quantitative estimate of drug-likeness (QED) is 0.691. The van der Waals surface area contributed by atoms with Gasteiger partial charge >= 0.3 is 0 Å². The van der Waals surface area contributed by atoms with E-state index < -0.39 is 0 Å². The standard InChI is InChI=1S/C27H35N3O/c1-27(2,3)20-12-10-19(11-13-20)26(31)29-17-23-22(24(23)18-29)16-21-8-5-7-15-30(21)25-9-4-6-14-28-25/h4,6,9-14,21-24H,5,7-8,15-18H2,1-3H3. The molecule has 0 bridgehead atoms. The Morgan fingerprint density at radius 3 is 2.42 bits per heavy atom. The number of carbonyl (C=O) groups is 1. The van der Waals surface area contributed by atoms with Crippen LogP contribution in [-0.4, -0.2) is 41.5 Å². The topological polar surface area (TPSA) is 36.4 Å². The summed E-state index contributed by atoms with van der Waals surface area (Å²) in [6.07, 6.45) is 7.03. The number of hydrogen-bond donors (Lipinski definition) is 0. The number of carbonyl (C=O) groups excluding carboxylic acids is 1. The van der Waals surface area contributed by atoms with E-state index in [4.69, 9.17) is 0 Å². The highest BCUT2D eigenvalue weighted by atomic mass is 16.2. The van der Waals surface area contributed by atoms with E-state index in [1.807, 2.05) is 24.4 Å². The summed E-state index contributed by atoms with van der Waals surface area (Å²) in [5.41, 5.74) is 2.23. The van der Waals surface area contributed by atoms with Crippen molar-refractivity contribution < 1.29 is 4.79 Å². The van der Waals surface area contributed by atoms with E-state index in [9.17, 15) is 4.79 Å². The predicted molar refractivity (Wildman–Crippen MR) is 125 cm³/mol. The molecule has 1 aliphatic carbocycles. The van der Waals surface area contributed by atoms with Crippen molar-refractivity contribution in [1.82, 2.24) is 9.88 Å². The molecule has 1 aromatic carbocycles. The van der Waals surface area contributed by atoms with Gasteiger partial charge in [0.2, 0.25) is 0 Å². The van der Waals surface area contributed by atoms with Gasteiger partial charge in [-0.05, 0) is 78.7 Å². The smallest absolute Gasteiger partial charge is 0.253 e. The summed E-state index contributed by atoms with van der Waals surface area (Å²) < 4.78 is 0. The molecule has 0 radical (unpaired) electrons. The summed E-state index contributed by atoms with van der Waals surface area (Å²) >= 11 is 0. The average Bonchev–Trinajstić information content (AvgIpc) is 3.21. The summed E-state index contributed by atoms with van der Waals surface area (Å²) in [6.45, 7) is 9.62. The molecule has 1 aromatic heterocycles. The van der Waals surface area contributed by atoms with E-state index in [0.29, 0.717) is 17.9 Å². The van der Waals surface area contributed by atoms with Crippen molar-refractivity contribution in [3.63, 3.8) is 0 Å². The Labute approximate surface area is 186 Å². The first-order valence-electron chi connectivity index (χ1n) is 12.0. The number of benzene rings is 1. The number of likely N-dealkylation sites (tertiary alicyclic amines) is 1. The van der Waals surface area contributed by atoms with Gasteiger partial charge in [0.1, 0.15) is 5.82 Å². The van der Waals surface area contributed by atoms with E-state index in [1.165, 1.54) is 31.2 Å². The van der Waals surface area contributed by atoms with Crippen LogP contribution in [0.5, 0.6) is 0 Å². The van der Waals surface area contributed by atoms with Crippen molar-refractivity contribution in [2.24, 2.45) is 17.8 Å². The molecule has 31 heavy (non-hydrogen) atoms. The van der Waals surface area contributed by atoms with Gasteiger partial charge in [-0.1, -0.05) is 39.0 Å². The van der Waals surface area contributed by atoms with Crippen LogP contribution in [0.2, 0.25) is 0 Å². The molecule has 4 heteroatoms. The lowest BCUT2D eigenvalue weighted by atomic mass is 9.86. The molecule has 0 spiro atoms. The Balaban J connectivity index is 1.18. The third-order valence-corrected chi connectivity index (χ3v) is 7.77. The first-order valence-corrected chi connectivity index (χ1v) is 12.0. The molecule has 0 N–H and O–H groups in total. The number of anilines is 1. The first-order chi connectivity index (χ1) is 14.9. The summed E-state index contributed by atoms with van der Waals surface area (Å²) in [5.74, 6) is 3.52. The van der Waals surface area contributed by atoms with Crippen molar-refractivity contribution in [1.29, 1.82) is 0 Å². The second kappa shape index (κ2) is 7.96. The average molecular weight is 418 g/mol. The van der Waals surface area contributed by atoms with Gasteiger partial charge in [0, 0.05) is 37.4 Å². The van der Waals surface area contributed by atoms with Crippen LogP contribution in [0.4, 0.5) is 5.82 Å². The van der Waals surface area contributed by atoms with Crippen molar-refractivity contribution in [3.05, 3.63) is 59.8 Å². The Morgan fingerprint density at radius 1 is 1.03 bits per heavy atom. The maximum absolute atomic E-state index is 13.0. The molecule has 164 valence electrons. The number of piperidine rings is 2. The minimum Gasteiger partial charge on any atom is -0.354 e. The van der Waals surface area contributed by atoms with E-state index >= 15 is 0 Å². The summed E-state index contributed by atoms with van der Waals surface area (Å²) in [7, 11) is 0. The van der Waals surface area contributed by atoms with Crippen LogP contribution in [0, 0.1) is 17.8 Å². The molecular formula is C27H35N3O. The lowest BCUT2D eigenvalue weighted by molar-refractivity contribution is 0.0766. The Hall–Kier alpha value is -2.36. The molecule has 2 aromatic rings. The molecule has 3 atom stereocenters. The molecule has 5 rings (SSSR count). The number of nitrogens with zero attached hydrogens (tertiary/aromatic N) is 3. The fourth-order valence-corrected chi connectivity index (χ4v) is 5.85. The van der Waals surface area contributed by atoms with Gasteiger partial charge in [0.25, 0.3) is 5.91 Å². The zero-order valence-corrected chi connectivity index (χ0v) is 19.1. The highest BCUT2D eigenvalue weighted by molar-refractivity contribution is 5.94. The zero-order valence-electron chi connectivity index (χ0n) is 19.1. The van der Waals surface area contributed by atoms with Crippen molar-refractivity contribution in [3.8, 4) is 0 Å². The highest BCUT2D eigenvalue weighted by Crippen LogP contribution is 2.55. The third-order valence-electron chi connectivity index (χ3n) is 7.77. The molecule has 3 aliphatic rings. The van der Waals surface area contributed by atoms with Crippen molar-refractivity contribution in [2.75, 3.05) is 24.5 Å². The minimum atomic E-state index is 0.117. The van der Waals surface area contributed by atoms with Gasteiger partial charge in [0.05, 0.1) is 0 Å². The summed E-state index contributed by atoms with van der Waals surface area (Å²) in [4.78, 5) is 22.3. The van der Waals surface area contributed by atoms with Crippen LogP contribution in [0.15, 0.2) is 48.7 Å². The first kappa shape index (κ1) is 20.5. The van der Waals surface area contributed by atoms with E-state index in [2.05, 4.69) is 59.8 Å². The van der Waals surface area contributed by atoms with Crippen LogP contribution in [0.1, 0.15) is 62.4 Å². The zero-order chi connectivity index (χ0) is 21.6. The monoisotopic (exact) mass is 417 g/mol. The highest BCUT2D eigenvalue weighted by Gasteiger charge is 2.57. The lowest BCUT2D eigenvalue weighted by Gasteiger charge is -2.37. The fourth-order valence-electron chi connectivity index (χ4n) is 5.85. The maximum atomic E-state index is 13.0. The second-order valence-corrected chi connectivity index (χ2v) is 10.8. The third kappa shape index (κ3) is 4.09. The van der Waals surface area contributed by atoms with Crippen LogP contribution in [0.25, 0.3) is 0 Å². The van der Waals surface area contributed by atoms with Crippen LogP contribution in [-0.2, 0) is 5.41 Å². The van der Waals surface area contributed by atoms with Crippen molar-refractivity contribution in [2.45, 2.75) is 57.9 Å². The Morgan fingerprint density at radius 2 is 1.77 bits per heavy atom. The van der Waals surface area contributed by atoms with E-state index in [1.54, 1.807) is 0 Å². The molecule has 2 aliphatic heterocycles. The lowest BCUT2D eigenvalue weighted by Crippen LogP contribution is -2.41. The molecular weight excluding hydrogens is 382 g/mol. The number of fused-ring (bicyclic) bond motifs is 1. The van der Waals surface area contributed by atoms with Gasteiger partial charge in [-0.2, -0.15) is 0 Å².